The van der Waals surface area contributed by atoms with Crippen molar-refractivity contribution in [2.75, 3.05) is 4.90 Å². The van der Waals surface area contributed by atoms with Gasteiger partial charge in [-0.3, -0.25) is 0 Å². The molecule has 0 aromatic heterocycles. The highest BCUT2D eigenvalue weighted by Crippen LogP contribution is 2.36. The van der Waals surface area contributed by atoms with Gasteiger partial charge >= 0.3 is 0 Å². The Balaban J connectivity index is 1.52. The average molecular weight is 378 g/mol. The van der Waals surface area contributed by atoms with Crippen molar-refractivity contribution in [2.24, 2.45) is 0 Å². The maximum absolute atomic E-state index is 2.57. The lowest BCUT2D eigenvalue weighted by atomic mass is 9.92. The SMILES string of the molecule is C1=CCCC(N(c2cccc3ccccc23)C2C=CC(C3=CCCC=C3)=CC2)=C1. The molecule has 0 radical (unpaired) electrons. The summed E-state index contributed by atoms with van der Waals surface area (Å²) in [6, 6.07) is 15.8. The minimum Gasteiger partial charge on any atom is -0.337 e. The van der Waals surface area contributed by atoms with Crippen LogP contribution >= 0.6 is 0 Å². The zero-order valence-corrected chi connectivity index (χ0v) is 16.8. The summed E-state index contributed by atoms with van der Waals surface area (Å²) in [6.07, 6.45) is 26.4. The Kier molecular flexibility index (Phi) is 5.04. The first kappa shape index (κ1) is 18.0. The van der Waals surface area contributed by atoms with Gasteiger partial charge in [0, 0.05) is 16.8 Å². The van der Waals surface area contributed by atoms with Gasteiger partial charge in [0.05, 0.1) is 6.04 Å². The predicted octanol–water partition coefficient (Wildman–Crippen LogP) is 7.41. The van der Waals surface area contributed by atoms with Crippen LogP contribution in [0, 0.1) is 0 Å². The van der Waals surface area contributed by atoms with Gasteiger partial charge in [-0.2, -0.15) is 0 Å². The molecule has 0 heterocycles. The van der Waals surface area contributed by atoms with Crippen LogP contribution in [0.2, 0.25) is 0 Å². The van der Waals surface area contributed by atoms with Gasteiger partial charge in [-0.05, 0) is 60.8 Å². The molecule has 0 N–H and O–H groups in total. The van der Waals surface area contributed by atoms with E-state index in [1.165, 1.54) is 39.7 Å². The number of nitrogens with zero attached hydrogens (tertiary/aromatic N) is 1. The van der Waals surface area contributed by atoms with Gasteiger partial charge in [-0.15, -0.1) is 0 Å². The van der Waals surface area contributed by atoms with Gasteiger partial charge in [0.2, 0.25) is 0 Å². The van der Waals surface area contributed by atoms with Crippen LogP contribution in [0.3, 0.4) is 0 Å². The molecule has 0 bridgehead atoms. The molecule has 0 saturated carbocycles. The van der Waals surface area contributed by atoms with Crippen LogP contribution < -0.4 is 4.90 Å². The summed E-state index contributed by atoms with van der Waals surface area (Å²) in [4.78, 5) is 2.57. The van der Waals surface area contributed by atoms with Gasteiger partial charge in [0.1, 0.15) is 0 Å². The Hall–Kier alpha value is -3.06. The Morgan fingerprint density at radius 2 is 1.69 bits per heavy atom. The first-order valence-corrected chi connectivity index (χ1v) is 10.8. The van der Waals surface area contributed by atoms with Crippen LogP contribution in [-0.4, -0.2) is 6.04 Å². The van der Waals surface area contributed by atoms with Gasteiger partial charge in [0.15, 0.2) is 0 Å². The van der Waals surface area contributed by atoms with Crippen LogP contribution in [-0.2, 0) is 0 Å². The smallest absolute Gasteiger partial charge is 0.0557 e. The number of anilines is 1. The van der Waals surface area contributed by atoms with E-state index in [4.69, 9.17) is 0 Å². The lowest BCUT2D eigenvalue weighted by Gasteiger charge is -2.36. The second kappa shape index (κ2) is 8.13. The van der Waals surface area contributed by atoms with Crippen LogP contribution in [0.25, 0.3) is 10.8 Å². The topological polar surface area (TPSA) is 3.24 Å². The van der Waals surface area contributed by atoms with Crippen molar-refractivity contribution in [1.82, 2.24) is 0 Å². The van der Waals surface area contributed by atoms with Gasteiger partial charge in [0.25, 0.3) is 0 Å². The van der Waals surface area contributed by atoms with E-state index in [9.17, 15) is 0 Å². The van der Waals surface area contributed by atoms with E-state index in [0.717, 1.165) is 25.7 Å². The predicted molar refractivity (Wildman–Crippen MR) is 125 cm³/mol. The molecule has 144 valence electrons. The number of allylic oxidation sites excluding steroid dienone is 10. The van der Waals surface area contributed by atoms with Crippen molar-refractivity contribution < 1.29 is 0 Å². The quantitative estimate of drug-likeness (QED) is 0.536. The fourth-order valence-electron chi connectivity index (χ4n) is 4.60. The first-order chi connectivity index (χ1) is 14.4. The number of hydrogen-bond donors (Lipinski definition) is 0. The van der Waals surface area contributed by atoms with Crippen LogP contribution in [0.5, 0.6) is 0 Å². The molecule has 0 fully saturated rings. The molecule has 0 saturated heterocycles. The molecule has 5 rings (SSSR count). The summed E-state index contributed by atoms with van der Waals surface area (Å²) >= 11 is 0. The number of rotatable bonds is 4. The highest BCUT2D eigenvalue weighted by Gasteiger charge is 2.24. The standard InChI is InChI=1S/C28H27N/c1-3-10-22(11-4-1)23-18-20-26(21-19-23)29(25-14-5-2-6-15-25)28-17-9-13-24-12-7-8-16-27(24)28/h2-3,5,7-14,16-20,26H,1,4,6,15,21H2. The molecule has 2 aromatic rings. The number of fused-ring (bicyclic) bond motifs is 1. The Labute approximate surface area is 173 Å². The second-order valence-electron chi connectivity index (χ2n) is 7.95. The van der Waals surface area contributed by atoms with E-state index >= 15 is 0 Å². The highest BCUT2D eigenvalue weighted by atomic mass is 15.2. The Morgan fingerprint density at radius 1 is 0.793 bits per heavy atom. The zero-order chi connectivity index (χ0) is 19.5. The molecule has 0 amide bonds. The minimum atomic E-state index is 0.343. The molecule has 1 atom stereocenters. The third-order valence-corrected chi connectivity index (χ3v) is 6.06. The largest absolute Gasteiger partial charge is 0.337 e. The van der Waals surface area contributed by atoms with Gasteiger partial charge in [-0.25, -0.2) is 0 Å². The van der Waals surface area contributed by atoms with Gasteiger partial charge < -0.3 is 4.90 Å². The maximum Gasteiger partial charge on any atom is 0.0557 e. The van der Waals surface area contributed by atoms with Crippen molar-refractivity contribution in [3.63, 3.8) is 0 Å². The normalized spacial score (nSPS) is 21.0. The second-order valence-corrected chi connectivity index (χ2v) is 7.95. The summed E-state index contributed by atoms with van der Waals surface area (Å²) < 4.78 is 0. The van der Waals surface area contributed by atoms with E-state index in [2.05, 4.69) is 102 Å². The molecule has 1 unspecified atom stereocenters. The molecule has 3 aliphatic rings. The summed E-state index contributed by atoms with van der Waals surface area (Å²) in [6.45, 7) is 0. The molecule has 3 aliphatic carbocycles. The summed E-state index contributed by atoms with van der Waals surface area (Å²) in [5, 5.41) is 2.63. The molecule has 29 heavy (non-hydrogen) atoms. The van der Waals surface area contributed by atoms with Crippen LogP contribution in [0.15, 0.2) is 114 Å². The summed E-state index contributed by atoms with van der Waals surface area (Å²) in [7, 11) is 0. The van der Waals surface area contributed by atoms with E-state index < -0.39 is 0 Å². The van der Waals surface area contributed by atoms with Crippen molar-refractivity contribution in [3.05, 3.63) is 114 Å². The molecule has 0 spiro atoms. The van der Waals surface area contributed by atoms with E-state index in [1.807, 2.05) is 0 Å². The highest BCUT2D eigenvalue weighted by molar-refractivity contribution is 5.95. The Bertz CT molecular complexity index is 1080. The monoisotopic (exact) mass is 377 g/mol. The lowest BCUT2D eigenvalue weighted by Crippen LogP contribution is -2.34. The van der Waals surface area contributed by atoms with E-state index in [1.54, 1.807) is 0 Å². The molecular formula is C28H27N. The van der Waals surface area contributed by atoms with E-state index in [-0.39, 0.29) is 0 Å². The average Bonchev–Trinajstić information content (AvgIpc) is 2.81. The first-order valence-electron chi connectivity index (χ1n) is 10.8. The van der Waals surface area contributed by atoms with Gasteiger partial charge in [-0.1, -0.05) is 85.0 Å². The summed E-state index contributed by atoms with van der Waals surface area (Å²) in [5.41, 5.74) is 5.47. The number of hydrogen-bond acceptors (Lipinski definition) is 1. The molecular weight excluding hydrogens is 350 g/mol. The zero-order valence-electron chi connectivity index (χ0n) is 16.8. The fraction of sp³-hybridized carbons (Fsp3) is 0.214. The minimum absolute atomic E-state index is 0.343. The van der Waals surface area contributed by atoms with Crippen LogP contribution in [0.4, 0.5) is 5.69 Å². The molecule has 2 aromatic carbocycles. The number of benzene rings is 2. The summed E-state index contributed by atoms with van der Waals surface area (Å²) in [5.74, 6) is 0. The maximum atomic E-state index is 2.57. The van der Waals surface area contributed by atoms with Crippen molar-refractivity contribution >= 4 is 16.5 Å². The molecule has 0 aliphatic heterocycles. The van der Waals surface area contributed by atoms with Crippen molar-refractivity contribution in [3.8, 4) is 0 Å². The van der Waals surface area contributed by atoms with Crippen molar-refractivity contribution in [2.45, 2.75) is 38.1 Å². The molecule has 1 nitrogen and oxygen atoms in total. The van der Waals surface area contributed by atoms with Crippen LogP contribution in [0.1, 0.15) is 32.1 Å². The Morgan fingerprint density at radius 3 is 2.48 bits per heavy atom. The fourth-order valence-corrected chi connectivity index (χ4v) is 4.60. The van der Waals surface area contributed by atoms with E-state index in [0.29, 0.717) is 6.04 Å². The third kappa shape index (κ3) is 3.65. The molecule has 1 heteroatoms. The third-order valence-electron chi connectivity index (χ3n) is 6.06. The van der Waals surface area contributed by atoms with Crippen molar-refractivity contribution in [1.29, 1.82) is 0 Å². The lowest BCUT2D eigenvalue weighted by molar-refractivity contribution is 0.720.